The van der Waals surface area contributed by atoms with Crippen molar-refractivity contribution in [2.45, 2.75) is 219 Å². The molecular weight excluding hydrogens is 781 g/mol. The van der Waals surface area contributed by atoms with Crippen LogP contribution in [-0.2, 0) is 28.6 Å². The lowest BCUT2D eigenvalue weighted by molar-refractivity contribution is -0.167. The van der Waals surface area contributed by atoms with Gasteiger partial charge in [-0.15, -0.1) is 0 Å². The largest absolute Gasteiger partial charge is 0.462 e. The monoisotopic (exact) mass is 873 g/mol. The highest BCUT2D eigenvalue weighted by molar-refractivity contribution is 5.71. The molecule has 0 saturated carbocycles. The molecule has 0 saturated heterocycles. The van der Waals surface area contributed by atoms with Gasteiger partial charge >= 0.3 is 17.9 Å². The number of ether oxygens (including phenoxy) is 3. The van der Waals surface area contributed by atoms with E-state index in [-0.39, 0.29) is 31.6 Å². The zero-order valence-electron chi connectivity index (χ0n) is 40.5. The lowest BCUT2D eigenvalue weighted by Crippen LogP contribution is -2.30. The number of carbonyl (C=O) groups excluding carboxylic acids is 3. The molecule has 0 aromatic carbocycles. The molecule has 0 N–H and O–H groups in total. The lowest BCUT2D eigenvalue weighted by Gasteiger charge is -2.18. The lowest BCUT2D eigenvalue weighted by atomic mass is 10.1. The Morgan fingerprint density at radius 2 is 0.651 bits per heavy atom. The van der Waals surface area contributed by atoms with Gasteiger partial charge in [-0.3, -0.25) is 14.4 Å². The summed E-state index contributed by atoms with van der Waals surface area (Å²) in [5.41, 5.74) is 0. The van der Waals surface area contributed by atoms with Gasteiger partial charge in [-0.2, -0.15) is 0 Å². The van der Waals surface area contributed by atoms with Crippen molar-refractivity contribution in [2.75, 3.05) is 13.2 Å². The Labute approximate surface area is 387 Å². The van der Waals surface area contributed by atoms with E-state index in [1.165, 1.54) is 89.9 Å². The molecule has 0 aliphatic carbocycles. The molecule has 6 heteroatoms. The molecule has 0 rings (SSSR count). The van der Waals surface area contributed by atoms with Gasteiger partial charge in [-0.25, -0.2) is 0 Å². The van der Waals surface area contributed by atoms with Crippen molar-refractivity contribution in [2.24, 2.45) is 0 Å². The van der Waals surface area contributed by atoms with Crippen LogP contribution in [-0.4, -0.2) is 37.2 Å². The van der Waals surface area contributed by atoms with Crippen LogP contribution >= 0.6 is 0 Å². The summed E-state index contributed by atoms with van der Waals surface area (Å²) < 4.78 is 16.7. The maximum atomic E-state index is 12.7. The molecule has 6 nitrogen and oxygen atoms in total. The summed E-state index contributed by atoms with van der Waals surface area (Å²) in [6, 6.07) is 0. The molecule has 0 radical (unpaired) electrons. The van der Waals surface area contributed by atoms with Crippen LogP contribution < -0.4 is 0 Å². The molecule has 1 unspecified atom stereocenters. The number of unbranched alkanes of at least 4 members (excludes halogenated alkanes) is 21. The van der Waals surface area contributed by atoms with Crippen molar-refractivity contribution in [1.29, 1.82) is 0 Å². The number of esters is 3. The molecule has 0 heterocycles. The van der Waals surface area contributed by atoms with Gasteiger partial charge in [-0.05, 0) is 77.0 Å². The van der Waals surface area contributed by atoms with Crippen molar-refractivity contribution < 1.29 is 28.6 Å². The highest BCUT2D eigenvalue weighted by Crippen LogP contribution is 2.14. The van der Waals surface area contributed by atoms with Gasteiger partial charge in [0.05, 0.1) is 0 Å². The average molecular weight is 873 g/mol. The van der Waals surface area contributed by atoms with Gasteiger partial charge in [0.2, 0.25) is 0 Å². The third kappa shape index (κ3) is 49.0. The number of allylic oxidation sites excluding steroid dienone is 18. The molecule has 1 atom stereocenters. The summed E-state index contributed by atoms with van der Waals surface area (Å²) >= 11 is 0. The van der Waals surface area contributed by atoms with Crippen molar-refractivity contribution in [3.8, 4) is 0 Å². The maximum Gasteiger partial charge on any atom is 0.306 e. The van der Waals surface area contributed by atoms with E-state index in [1.54, 1.807) is 0 Å². The van der Waals surface area contributed by atoms with E-state index in [0.29, 0.717) is 19.3 Å². The SMILES string of the molecule is CC\C=C/C=C\C=C/C=C\C=C/CCCC(=O)OC(COC(=O)CCCCCCC\C=C/C=C\C=C/CC)COC(=O)CCCCCCCCC/C=C\CCCCCCCCCC. The first kappa shape index (κ1) is 59.1. The zero-order chi connectivity index (χ0) is 45.8. The Bertz CT molecular complexity index is 1330. The van der Waals surface area contributed by atoms with Gasteiger partial charge in [0.15, 0.2) is 6.10 Å². The second-order valence-electron chi connectivity index (χ2n) is 16.5. The van der Waals surface area contributed by atoms with Crippen LogP contribution in [0, 0.1) is 0 Å². The van der Waals surface area contributed by atoms with E-state index in [2.05, 4.69) is 69.4 Å². The Morgan fingerprint density at radius 1 is 0.333 bits per heavy atom. The number of rotatable bonds is 44. The topological polar surface area (TPSA) is 78.9 Å². The van der Waals surface area contributed by atoms with Crippen molar-refractivity contribution in [1.82, 2.24) is 0 Å². The fourth-order valence-electron chi connectivity index (χ4n) is 6.64. The minimum atomic E-state index is -0.826. The van der Waals surface area contributed by atoms with Gasteiger partial charge in [-0.1, -0.05) is 226 Å². The molecule has 0 spiro atoms. The number of hydrogen-bond acceptors (Lipinski definition) is 6. The molecule has 0 bridgehead atoms. The highest BCUT2D eigenvalue weighted by Gasteiger charge is 2.19. The van der Waals surface area contributed by atoms with Gasteiger partial charge in [0.25, 0.3) is 0 Å². The van der Waals surface area contributed by atoms with Crippen LogP contribution in [0.1, 0.15) is 213 Å². The minimum absolute atomic E-state index is 0.118. The van der Waals surface area contributed by atoms with Crippen LogP contribution in [0.5, 0.6) is 0 Å². The summed E-state index contributed by atoms with van der Waals surface area (Å²) in [5, 5.41) is 0. The van der Waals surface area contributed by atoms with E-state index in [4.69, 9.17) is 14.2 Å². The Balaban J connectivity index is 4.47. The Hall–Kier alpha value is -3.93. The number of hydrogen-bond donors (Lipinski definition) is 0. The minimum Gasteiger partial charge on any atom is -0.462 e. The van der Waals surface area contributed by atoms with E-state index in [9.17, 15) is 14.4 Å². The molecule has 0 aliphatic heterocycles. The van der Waals surface area contributed by atoms with Crippen LogP contribution in [0.2, 0.25) is 0 Å². The maximum absolute atomic E-state index is 12.7. The zero-order valence-corrected chi connectivity index (χ0v) is 40.5. The van der Waals surface area contributed by atoms with Crippen LogP contribution in [0.25, 0.3) is 0 Å². The van der Waals surface area contributed by atoms with E-state index >= 15 is 0 Å². The van der Waals surface area contributed by atoms with E-state index < -0.39 is 12.1 Å². The van der Waals surface area contributed by atoms with Crippen molar-refractivity contribution in [3.05, 3.63) is 109 Å². The fraction of sp³-hybridized carbons (Fsp3) is 0.632. The molecule has 0 aromatic heterocycles. The molecule has 0 aliphatic rings. The first-order valence-electron chi connectivity index (χ1n) is 25.5. The second-order valence-corrected chi connectivity index (χ2v) is 16.5. The quantitative estimate of drug-likeness (QED) is 0.0199. The van der Waals surface area contributed by atoms with Crippen molar-refractivity contribution in [3.63, 3.8) is 0 Å². The van der Waals surface area contributed by atoms with E-state index in [1.807, 2.05) is 60.8 Å². The smallest absolute Gasteiger partial charge is 0.306 e. The average Bonchev–Trinajstić information content (AvgIpc) is 3.28. The summed E-state index contributed by atoms with van der Waals surface area (Å²) in [6.07, 6.45) is 68.0. The number of carbonyl (C=O) groups is 3. The van der Waals surface area contributed by atoms with Crippen molar-refractivity contribution >= 4 is 17.9 Å². The van der Waals surface area contributed by atoms with Gasteiger partial charge in [0, 0.05) is 19.3 Å². The van der Waals surface area contributed by atoms with Crippen LogP contribution in [0.3, 0.4) is 0 Å². The molecule has 0 aromatic rings. The molecule has 356 valence electrons. The van der Waals surface area contributed by atoms with Crippen LogP contribution in [0.15, 0.2) is 109 Å². The molecular formula is C57H92O6. The third-order valence-corrected chi connectivity index (χ3v) is 10.4. The third-order valence-electron chi connectivity index (χ3n) is 10.4. The predicted octanol–water partition coefficient (Wildman–Crippen LogP) is 16.8. The molecule has 63 heavy (non-hydrogen) atoms. The fourth-order valence-corrected chi connectivity index (χ4v) is 6.64. The normalized spacial score (nSPS) is 13.0. The Morgan fingerprint density at radius 3 is 1.06 bits per heavy atom. The van der Waals surface area contributed by atoms with E-state index in [0.717, 1.165) is 77.0 Å². The Kier molecular flexibility index (Phi) is 47.5. The molecule has 0 amide bonds. The predicted molar refractivity (Wildman–Crippen MR) is 270 cm³/mol. The highest BCUT2D eigenvalue weighted by atomic mass is 16.6. The van der Waals surface area contributed by atoms with Gasteiger partial charge in [0.1, 0.15) is 13.2 Å². The van der Waals surface area contributed by atoms with Crippen LogP contribution in [0.4, 0.5) is 0 Å². The standard InChI is InChI=1S/C57H92O6/c1-4-7-10-13-16-19-22-25-26-27-28-29-30-33-35-38-41-44-47-50-56(59)62-53-54(63-57(60)51-48-45-42-39-36-32-24-21-18-15-12-9-6-3)52-61-55(58)49-46-43-40-37-34-31-23-20-17-14-11-8-5-2/h8-9,11-12,14-15,17-18,20-21,23-24,27-28,32,36,39,42,54H,4-7,10,13,16,19,22,25-26,29-31,33-35,37-38,40-41,43-53H2,1-3H3/b11-8-,12-9-,17-14-,18-15-,23-20-,24-21-,28-27-,36-32-,42-39-. The van der Waals surface area contributed by atoms with Gasteiger partial charge < -0.3 is 14.2 Å². The summed E-state index contributed by atoms with van der Waals surface area (Å²) in [5.74, 6) is -1.02. The first-order valence-corrected chi connectivity index (χ1v) is 25.5. The summed E-state index contributed by atoms with van der Waals surface area (Å²) in [7, 11) is 0. The molecule has 0 fully saturated rings. The summed E-state index contributed by atoms with van der Waals surface area (Å²) in [6.45, 7) is 6.26. The summed E-state index contributed by atoms with van der Waals surface area (Å²) in [4.78, 5) is 37.9. The first-order chi connectivity index (χ1) is 31.0. The second kappa shape index (κ2) is 50.7.